The summed E-state index contributed by atoms with van der Waals surface area (Å²) >= 11 is 12.7. The molecule has 0 aromatic heterocycles. The smallest absolute Gasteiger partial charge is 0.260 e. The highest BCUT2D eigenvalue weighted by Gasteiger charge is 2.71. The van der Waals surface area contributed by atoms with Crippen LogP contribution in [0.1, 0.15) is 50.7 Å². The Balaban J connectivity index is 1.49. The van der Waals surface area contributed by atoms with Crippen LogP contribution in [0.25, 0.3) is 0 Å². The molecule has 0 bridgehead atoms. The summed E-state index contributed by atoms with van der Waals surface area (Å²) in [7, 11) is 3.04. The molecule has 4 aliphatic rings. The molecule has 0 radical (unpaired) electrons. The van der Waals surface area contributed by atoms with Gasteiger partial charge >= 0.3 is 0 Å². The van der Waals surface area contributed by atoms with E-state index < -0.39 is 52.4 Å². The molecule has 3 aromatic carbocycles. The number of imide groups is 2. The van der Waals surface area contributed by atoms with Crippen molar-refractivity contribution in [2.24, 2.45) is 23.7 Å². The van der Waals surface area contributed by atoms with E-state index >= 15 is 4.79 Å². The predicted octanol–water partition coefficient (Wildman–Crippen LogP) is 6.50. The molecular weight excluding hydrogens is 681 g/mol. The zero-order valence-corrected chi connectivity index (χ0v) is 29.7. The van der Waals surface area contributed by atoms with Gasteiger partial charge in [0, 0.05) is 22.0 Å². The van der Waals surface area contributed by atoms with Gasteiger partial charge in [-0.25, -0.2) is 0 Å². The number of phenols is 1. The van der Waals surface area contributed by atoms with Crippen LogP contribution in [0.2, 0.25) is 10.0 Å². The van der Waals surface area contributed by atoms with Crippen LogP contribution < -0.4 is 14.9 Å². The third-order valence-electron chi connectivity index (χ3n) is 10.8. The average Bonchev–Trinajstić information content (AvgIpc) is 3.47. The fraction of sp³-hybridized carbons (Fsp3) is 0.368. The minimum atomic E-state index is -1.61. The molecule has 2 aliphatic carbocycles. The Labute approximate surface area is 299 Å². The van der Waals surface area contributed by atoms with Crippen molar-refractivity contribution in [2.45, 2.75) is 50.5 Å². The number of aromatic hydroxyl groups is 1. The van der Waals surface area contributed by atoms with Gasteiger partial charge in [0.25, 0.3) is 11.8 Å². The van der Waals surface area contributed by atoms with Gasteiger partial charge in [-0.15, -0.1) is 0 Å². The molecule has 2 N–H and O–H groups in total. The third-order valence-corrected chi connectivity index (χ3v) is 11.3. The van der Waals surface area contributed by atoms with Gasteiger partial charge in [-0.3, -0.25) is 29.5 Å². The standard InChI is InChI=1S/C38H37Cl2N3O7/c1-37(2,3)42-33(45)24-13-12-23-25(31(24)35(42)47)18-27-34(46)43(41-29-14-8-20(39)16-28(29)40)36(48)38(27,19-6-9-21(49-4)10-7-19)32(23)26-17-22(50-5)11-15-30(26)44/h6-12,14-17,24-25,27,31-32,41,44H,13,18H2,1-5H3. The number of phenolic OH excluding ortho intramolecular Hbond substituents is 1. The number of nitrogens with zero attached hydrogens (tertiary/aromatic N) is 2. The summed E-state index contributed by atoms with van der Waals surface area (Å²) in [6.45, 7) is 5.48. The maximum Gasteiger partial charge on any atom is 0.260 e. The van der Waals surface area contributed by atoms with Gasteiger partial charge in [0.15, 0.2) is 0 Å². The molecule has 2 heterocycles. The van der Waals surface area contributed by atoms with Gasteiger partial charge in [-0.05, 0) is 93.6 Å². The number of amides is 4. The molecule has 6 unspecified atom stereocenters. The minimum Gasteiger partial charge on any atom is -0.508 e. The number of methoxy groups -OCH3 is 2. The number of allylic oxidation sites excluding steroid dienone is 2. The molecule has 2 saturated heterocycles. The molecule has 3 aromatic rings. The Morgan fingerprint density at radius 3 is 2.18 bits per heavy atom. The van der Waals surface area contributed by atoms with Crippen molar-refractivity contribution in [1.29, 1.82) is 0 Å². The van der Waals surface area contributed by atoms with Gasteiger partial charge in [0.05, 0.1) is 48.1 Å². The SMILES string of the molecule is COc1ccc(C23C(=O)N(Nc4ccc(Cl)cc4Cl)C(=O)C2CC2C(=CCC4C(=O)N(C(C)(C)C)C(=O)C42)C3c2cc(OC)ccc2O)cc1. The molecule has 3 fully saturated rings. The molecule has 1 saturated carbocycles. The number of halogens is 2. The van der Waals surface area contributed by atoms with E-state index in [1.807, 2.05) is 26.8 Å². The van der Waals surface area contributed by atoms with Crippen LogP contribution in [0.5, 0.6) is 17.2 Å². The molecule has 0 spiro atoms. The predicted molar refractivity (Wildman–Crippen MR) is 187 cm³/mol. The second kappa shape index (κ2) is 12.1. The molecule has 6 atom stereocenters. The monoisotopic (exact) mass is 717 g/mol. The first-order valence-electron chi connectivity index (χ1n) is 16.4. The second-order valence-electron chi connectivity index (χ2n) is 14.3. The summed E-state index contributed by atoms with van der Waals surface area (Å²) < 4.78 is 11.0. The summed E-state index contributed by atoms with van der Waals surface area (Å²) in [5.74, 6) is -4.68. The summed E-state index contributed by atoms with van der Waals surface area (Å²) in [6, 6.07) is 16.4. The van der Waals surface area contributed by atoms with E-state index in [1.165, 1.54) is 31.3 Å². The number of anilines is 1. The number of hydrogen-bond donors (Lipinski definition) is 2. The number of benzene rings is 3. The van der Waals surface area contributed by atoms with Crippen LogP contribution in [0, 0.1) is 23.7 Å². The first kappa shape index (κ1) is 33.9. The second-order valence-corrected chi connectivity index (χ2v) is 15.2. The van der Waals surface area contributed by atoms with Crippen LogP contribution in [0.15, 0.2) is 72.3 Å². The number of ether oxygens (including phenoxy) is 2. The van der Waals surface area contributed by atoms with Gasteiger partial charge in [0.1, 0.15) is 17.2 Å². The van der Waals surface area contributed by atoms with Crippen molar-refractivity contribution in [1.82, 2.24) is 9.91 Å². The lowest BCUT2D eigenvalue weighted by Crippen LogP contribution is -2.53. The van der Waals surface area contributed by atoms with Crippen molar-refractivity contribution < 1.29 is 33.8 Å². The number of rotatable bonds is 6. The van der Waals surface area contributed by atoms with Crippen molar-refractivity contribution in [3.8, 4) is 17.2 Å². The van der Waals surface area contributed by atoms with Crippen molar-refractivity contribution in [3.63, 3.8) is 0 Å². The van der Waals surface area contributed by atoms with Crippen LogP contribution in [0.4, 0.5) is 5.69 Å². The van der Waals surface area contributed by atoms with E-state index in [9.17, 15) is 19.5 Å². The maximum absolute atomic E-state index is 15.3. The number of likely N-dealkylation sites (tertiary alicyclic amines) is 1. The van der Waals surface area contributed by atoms with E-state index in [0.717, 1.165) is 5.01 Å². The van der Waals surface area contributed by atoms with Crippen molar-refractivity contribution in [3.05, 3.63) is 93.5 Å². The van der Waals surface area contributed by atoms with E-state index in [0.29, 0.717) is 33.2 Å². The molecule has 2 aliphatic heterocycles. The zero-order valence-electron chi connectivity index (χ0n) is 28.2. The zero-order chi connectivity index (χ0) is 35.9. The topological polar surface area (TPSA) is 125 Å². The first-order valence-corrected chi connectivity index (χ1v) is 17.2. The van der Waals surface area contributed by atoms with Crippen LogP contribution in [0.3, 0.4) is 0 Å². The largest absolute Gasteiger partial charge is 0.508 e. The van der Waals surface area contributed by atoms with Crippen LogP contribution in [-0.2, 0) is 24.6 Å². The van der Waals surface area contributed by atoms with Crippen LogP contribution >= 0.6 is 23.2 Å². The van der Waals surface area contributed by atoms with Gasteiger partial charge in [0.2, 0.25) is 11.8 Å². The lowest BCUT2D eigenvalue weighted by molar-refractivity contribution is -0.146. The molecule has 50 heavy (non-hydrogen) atoms. The van der Waals surface area contributed by atoms with E-state index in [2.05, 4.69) is 5.43 Å². The van der Waals surface area contributed by atoms with Crippen LogP contribution in [-0.4, -0.2) is 58.4 Å². The Hall–Kier alpha value is -4.54. The van der Waals surface area contributed by atoms with E-state index in [-0.39, 0.29) is 41.1 Å². The highest BCUT2D eigenvalue weighted by Crippen LogP contribution is 2.65. The summed E-state index contributed by atoms with van der Waals surface area (Å²) in [4.78, 5) is 59.6. The number of hydrogen-bond acceptors (Lipinski definition) is 8. The minimum absolute atomic E-state index is 0.106. The molecule has 7 rings (SSSR count). The molecule has 260 valence electrons. The Morgan fingerprint density at radius 2 is 1.54 bits per heavy atom. The number of carbonyl (C=O) groups is 4. The summed E-state index contributed by atoms with van der Waals surface area (Å²) in [5.41, 5.74) is 2.49. The van der Waals surface area contributed by atoms with Crippen molar-refractivity contribution in [2.75, 3.05) is 19.6 Å². The number of fused-ring (bicyclic) bond motifs is 4. The lowest BCUT2D eigenvalue weighted by atomic mass is 9.49. The number of carbonyl (C=O) groups excluding carboxylic acids is 4. The lowest BCUT2D eigenvalue weighted by Gasteiger charge is -2.50. The molecule has 4 amide bonds. The average molecular weight is 719 g/mol. The highest BCUT2D eigenvalue weighted by atomic mass is 35.5. The highest BCUT2D eigenvalue weighted by molar-refractivity contribution is 6.36. The molecular formula is C38H37Cl2N3O7. The van der Waals surface area contributed by atoms with Crippen molar-refractivity contribution >= 4 is 52.5 Å². The summed E-state index contributed by atoms with van der Waals surface area (Å²) in [5, 5.41) is 13.2. The Kier molecular flexibility index (Phi) is 8.18. The fourth-order valence-electron chi connectivity index (χ4n) is 8.74. The van der Waals surface area contributed by atoms with Gasteiger partial charge in [-0.1, -0.05) is 47.0 Å². The molecule has 10 nitrogen and oxygen atoms in total. The number of nitrogens with one attached hydrogen (secondary N) is 1. The Bertz CT molecular complexity index is 1970. The Morgan fingerprint density at radius 1 is 0.860 bits per heavy atom. The normalized spacial score (nSPS) is 27.5. The molecule has 12 heteroatoms. The third kappa shape index (κ3) is 4.90. The maximum atomic E-state index is 15.3. The first-order chi connectivity index (χ1) is 23.7. The quantitative estimate of drug-likeness (QED) is 0.219. The van der Waals surface area contributed by atoms with E-state index in [4.69, 9.17) is 32.7 Å². The summed E-state index contributed by atoms with van der Waals surface area (Å²) in [6.07, 6.45) is 2.31. The van der Waals surface area contributed by atoms with E-state index in [1.54, 1.807) is 48.5 Å². The fourth-order valence-corrected chi connectivity index (χ4v) is 9.19. The van der Waals surface area contributed by atoms with Gasteiger partial charge in [-0.2, -0.15) is 5.01 Å². The van der Waals surface area contributed by atoms with Gasteiger partial charge < -0.3 is 14.6 Å². The number of hydrazine groups is 1.